The third kappa shape index (κ3) is 3.57. The number of aromatic nitrogens is 1. The largest absolute Gasteiger partial charge is 0.393 e. The van der Waals surface area contributed by atoms with E-state index in [1.807, 2.05) is 6.92 Å². The van der Waals surface area contributed by atoms with Crippen molar-refractivity contribution in [2.75, 3.05) is 6.54 Å². The molecule has 0 saturated heterocycles. The minimum Gasteiger partial charge on any atom is -0.393 e. The summed E-state index contributed by atoms with van der Waals surface area (Å²) in [7, 11) is 0. The van der Waals surface area contributed by atoms with E-state index < -0.39 is 0 Å². The maximum absolute atomic E-state index is 13.1. The first-order valence-corrected chi connectivity index (χ1v) is 6.70. The molecule has 1 heterocycles. The summed E-state index contributed by atoms with van der Waals surface area (Å²) in [5.74, 6) is -0.353. The number of hydrogen-bond donors (Lipinski definition) is 3. The molecule has 1 aromatic heterocycles. The van der Waals surface area contributed by atoms with Crippen molar-refractivity contribution in [1.29, 1.82) is 0 Å². The van der Waals surface area contributed by atoms with Gasteiger partial charge >= 0.3 is 0 Å². The maximum Gasteiger partial charge on any atom is 0.267 e. The van der Waals surface area contributed by atoms with Crippen LogP contribution in [0.2, 0.25) is 0 Å². The number of aliphatic hydroxyl groups is 1. The molecule has 2 unspecified atom stereocenters. The van der Waals surface area contributed by atoms with Crippen LogP contribution in [0.4, 0.5) is 4.39 Å². The summed E-state index contributed by atoms with van der Waals surface area (Å²) in [5, 5.41) is 12.7. The van der Waals surface area contributed by atoms with E-state index in [9.17, 15) is 14.3 Å². The van der Waals surface area contributed by atoms with Gasteiger partial charge in [0.15, 0.2) is 0 Å². The number of rotatable bonds is 5. The molecule has 0 fully saturated rings. The Morgan fingerprint density at radius 1 is 1.40 bits per heavy atom. The lowest BCUT2D eigenvalue weighted by atomic mass is 10.0. The average Bonchev–Trinajstić information content (AvgIpc) is 2.78. The lowest BCUT2D eigenvalue weighted by Crippen LogP contribution is -2.29. The Labute approximate surface area is 117 Å². The van der Waals surface area contributed by atoms with Gasteiger partial charge in [-0.2, -0.15) is 0 Å². The zero-order valence-electron chi connectivity index (χ0n) is 11.6. The number of aliphatic hydroxyl groups excluding tert-OH is 1. The fourth-order valence-electron chi connectivity index (χ4n) is 2.25. The molecule has 4 nitrogen and oxygen atoms in total. The van der Waals surface area contributed by atoms with Gasteiger partial charge in [0.25, 0.3) is 5.91 Å². The van der Waals surface area contributed by atoms with Crippen LogP contribution in [0, 0.1) is 11.7 Å². The van der Waals surface area contributed by atoms with E-state index in [0.29, 0.717) is 24.0 Å². The second-order valence-electron chi connectivity index (χ2n) is 5.31. The predicted octanol–water partition coefficient (Wildman–Crippen LogP) is 2.44. The molecule has 0 aliphatic heterocycles. The molecule has 108 valence electrons. The van der Waals surface area contributed by atoms with Crippen molar-refractivity contribution in [3.63, 3.8) is 0 Å². The third-order valence-corrected chi connectivity index (χ3v) is 3.18. The smallest absolute Gasteiger partial charge is 0.267 e. The topological polar surface area (TPSA) is 65.1 Å². The highest BCUT2D eigenvalue weighted by Gasteiger charge is 2.12. The minimum absolute atomic E-state index is 0.195. The summed E-state index contributed by atoms with van der Waals surface area (Å²) < 4.78 is 13.1. The molecular weight excluding hydrogens is 259 g/mol. The van der Waals surface area contributed by atoms with Crippen molar-refractivity contribution in [2.24, 2.45) is 5.92 Å². The number of amides is 1. The number of benzene rings is 1. The standard InChI is InChI=1S/C15H19FN2O2/c1-9(5-10(2)19)8-17-15(20)14-7-11-6-12(16)3-4-13(11)18-14/h3-4,6-7,9-10,18-19H,5,8H2,1-2H3,(H,17,20). The highest BCUT2D eigenvalue weighted by Crippen LogP contribution is 2.16. The van der Waals surface area contributed by atoms with Gasteiger partial charge in [0, 0.05) is 17.4 Å². The number of nitrogens with one attached hydrogen (secondary N) is 2. The molecule has 0 saturated carbocycles. The molecule has 2 rings (SSSR count). The Bertz CT molecular complexity index is 607. The molecule has 0 aliphatic rings. The van der Waals surface area contributed by atoms with Gasteiger partial charge in [0.1, 0.15) is 11.5 Å². The minimum atomic E-state index is -0.377. The van der Waals surface area contributed by atoms with Gasteiger partial charge in [-0.3, -0.25) is 4.79 Å². The molecule has 1 aromatic carbocycles. The molecule has 0 radical (unpaired) electrons. The Hall–Kier alpha value is -1.88. The number of fused-ring (bicyclic) bond motifs is 1. The summed E-state index contributed by atoms with van der Waals surface area (Å²) in [6.45, 7) is 4.19. The zero-order chi connectivity index (χ0) is 14.7. The first-order chi connectivity index (χ1) is 9.45. The van der Waals surface area contributed by atoms with E-state index in [1.54, 1.807) is 19.1 Å². The second-order valence-corrected chi connectivity index (χ2v) is 5.31. The van der Waals surface area contributed by atoms with E-state index in [4.69, 9.17) is 0 Å². The normalized spacial score (nSPS) is 14.2. The first kappa shape index (κ1) is 14.5. The van der Waals surface area contributed by atoms with Gasteiger partial charge in [-0.15, -0.1) is 0 Å². The number of carbonyl (C=O) groups excluding carboxylic acids is 1. The van der Waals surface area contributed by atoms with Crippen LogP contribution in [0.1, 0.15) is 30.8 Å². The van der Waals surface area contributed by atoms with Crippen LogP contribution >= 0.6 is 0 Å². The summed E-state index contributed by atoms with van der Waals surface area (Å²) in [6.07, 6.45) is 0.260. The molecular formula is C15H19FN2O2. The van der Waals surface area contributed by atoms with Crippen molar-refractivity contribution in [3.05, 3.63) is 35.8 Å². The number of halogens is 1. The van der Waals surface area contributed by atoms with Crippen LogP contribution in [0.15, 0.2) is 24.3 Å². The zero-order valence-corrected chi connectivity index (χ0v) is 11.6. The first-order valence-electron chi connectivity index (χ1n) is 6.70. The van der Waals surface area contributed by atoms with Gasteiger partial charge in [-0.05, 0) is 43.5 Å². The average molecular weight is 278 g/mol. The molecule has 1 amide bonds. The van der Waals surface area contributed by atoms with Gasteiger partial charge < -0.3 is 15.4 Å². The van der Waals surface area contributed by atoms with Gasteiger partial charge in [-0.1, -0.05) is 6.92 Å². The number of carbonyl (C=O) groups is 1. The molecule has 3 N–H and O–H groups in total. The Balaban J connectivity index is 2.00. The third-order valence-electron chi connectivity index (χ3n) is 3.18. The van der Waals surface area contributed by atoms with Crippen LogP contribution in [0.25, 0.3) is 10.9 Å². The van der Waals surface area contributed by atoms with Crippen molar-refractivity contribution in [2.45, 2.75) is 26.4 Å². The summed E-state index contributed by atoms with van der Waals surface area (Å²) >= 11 is 0. The lowest BCUT2D eigenvalue weighted by Gasteiger charge is -2.13. The summed E-state index contributed by atoms with van der Waals surface area (Å²) in [5.41, 5.74) is 1.14. The molecule has 2 aromatic rings. The highest BCUT2D eigenvalue weighted by atomic mass is 19.1. The summed E-state index contributed by atoms with van der Waals surface area (Å²) in [4.78, 5) is 14.9. The molecule has 0 spiro atoms. The number of aromatic amines is 1. The fourth-order valence-corrected chi connectivity index (χ4v) is 2.25. The number of hydrogen-bond acceptors (Lipinski definition) is 2. The van der Waals surface area contributed by atoms with Crippen molar-refractivity contribution >= 4 is 16.8 Å². The van der Waals surface area contributed by atoms with Crippen LogP contribution in [0.5, 0.6) is 0 Å². The Morgan fingerprint density at radius 3 is 2.85 bits per heavy atom. The van der Waals surface area contributed by atoms with E-state index in [1.165, 1.54) is 12.1 Å². The highest BCUT2D eigenvalue weighted by molar-refractivity contribution is 5.97. The van der Waals surface area contributed by atoms with Crippen LogP contribution in [-0.2, 0) is 0 Å². The molecule has 20 heavy (non-hydrogen) atoms. The Kier molecular flexibility index (Phi) is 4.39. The van der Waals surface area contributed by atoms with Crippen molar-refractivity contribution < 1.29 is 14.3 Å². The van der Waals surface area contributed by atoms with Crippen LogP contribution in [0.3, 0.4) is 0 Å². The molecule has 2 atom stereocenters. The SMILES string of the molecule is CC(O)CC(C)CNC(=O)c1cc2cc(F)ccc2[nH]1. The van der Waals surface area contributed by atoms with Crippen molar-refractivity contribution in [3.8, 4) is 0 Å². The monoisotopic (exact) mass is 278 g/mol. The number of H-pyrrole nitrogens is 1. The fraction of sp³-hybridized carbons (Fsp3) is 0.400. The van der Waals surface area contributed by atoms with E-state index in [-0.39, 0.29) is 23.7 Å². The van der Waals surface area contributed by atoms with E-state index in [2.05, 4.69) is 10.3 Å². The van der Waals surface area contributed by atoms with Crippen LogP contribution < -0.4 is 5.32 Å². The van der Waals surface area contributed by atoms with Crippen LogP contribution in [-0.4, -0.2) is 28.6 Å². The van der Waals surface area contributed by atoms with Gasteiger partial charge in [0.05, 0.1) is 6.10 Å². The van der Waals surface area contributed by atoms with Crippen molar-refractivity contribution in [1.82, 2.24) is 10.3 Å². The lowest BCUT2D eigenvalue weighted by molar-refractivity contribution is 0.0935. The van der Waals surface area contributed by atoms with E-state index >= 15 is 0 Å². The van der Waals surface area contributed by atoms with Gasteiger partial charge in [-0.25, -0.2) is 4.39 Å². The molecule has 5 heteroatoms. The Morgan fingerprint density at radius 2 is 2.15 bits per heavy atom. The quantitative estimate of drug-likeness (QED) is 0.786. The van der Waals surface area contributed by atoms with Gasteiger partial charge in [0.2, 0.25) is 0 Å². The predicted molar refractivity (Wildman–Crippen MR) is 76.1 cm³/mol. The second kappa shape index (κ2) is 6.05. The van der Waals surface area contributed by atoms with E-state index in [0.717, 1.165) is 5.52 Å². The summed E-state index contributed by atoms with van der Waals surface area (Å²) in [6, 6.07) is 5.98. The maximum atomic E-state index is 13.1. The molecule has 0 bridgehead atoms. The molecule has 0 aliphatic carbocycles.